The highest BCUT2D eigenvalue weighted by Gasteiger charge is 2.40. The number of fused-ring (bicyclic) bond motifs is 2. The summed E-state index contributed by atoms with van der Waals surface area (Å²) in [5.74, 6) is -4.94. The zero-order valence-corrected chi connectivity index (χ0v) is 13.6. The Balaban J connectivity index is 2.18. The second-order valence-electron chi connectivity index (χ2n) is 5.20. The van der Waals surface area contributed by atoms with Crippen LogP contribution >= 0.6 is 0 Å². The number of H-pyrrole nitrogens is 1. The lowest BCUT2D eigenvalue weighted by Crippen LogP contribution is -2.36. The number of hydrogen-bond acceptors (Lipinski definition) is 9. The number of rotatable bonds is 3. The van der Waals surface area contributed by atoms with Crippen molar-refractivity contribution in [3.8, 4) is 11.4 Å². The molecule has 0 aromatic carbocycles. The molecule has 1 aliphatic carbocycles. The van der Waals surface area contributed by atoms with Gasteiger partial charge in [0.25, 0.3) is 0 Å². The van der Waals surface area contributed by atoms with Crippen molar-refractivity contribution in [1.82, 2.24) is 30.2 Å². The van der Waals surface area contributed by atoms with Crippen molar-refractivity contribution in [3.05, 3.63) is 10.3 Å². The fourth-order valence-corrected chi connectivity index (χ4v) is 2.12. The second-order valence-corrected chi connectivity index (χ2v) is 5.20. The number of nitrogens with one attached hydrogen (secondary N) is 3. The van der Waals surface area contributed by atoms with Crippen molar-refractivity contribution < 1.29 is 41.1 Å². The average Bonchev–Trinajstić information content (AvgIpc) is 3.21. The SMILES string of the molecule is O=Nc1c2[nH]n(NC(=O)C(F)(F)F)nc-2/c(=N\O)c2nn(NC(=O)C(F)(F)F)nc12. The van der Waals surface area contributed by atoms with Gasteiger partial charge in [-0.25, -0.2) is 10.9 Å². The van der Waals surface area contributed by atoms with Crippen molar-refractivity contribution in [2.24, 2.45) is 10.3 Å². The topological polar surface area (TPSA) is 185 Å². The molecule has 20 heteroatoms. The van der Waals surface area contributed by atoms with Crippen LogP contribution in [0.1, 0.15) is 0 Å². The molecular weight excluding hydrogens is 438 g/mol. The van der Waals surface area contributed by atoms with Crippen molar-refractivity contribution >= 4 is 28.5 Å². The number of carbonyl (C=O) groups is 2. The molecule has 3 rings (SSSR count). The van der Waals surface area contributed by atoms with Gasteiger partial charge in [-0.3, -0.25) is 14.7 Å². The summed E-state index contributed by atoms with van der Waals surface area (Å²) in [7, 11) is 0. The number of nitroso groups, excluding NO2 is 1. The van der Waals surface area contributed by atoms with Crippen molar-refractivity contribution in [1.29, 1.82) is 0 Å². The molecule has 1 aromatic heterocycles. The molecule has 0 unspecified atom stereocenters. The fourth-order valence-electron chi connectivity index (χ4n) is 2.12. The summed E-state index contributed by atoms with van der Waals surface area (Å²) in [6, 6.07) is 0. The summed E-state index contributed by atoms with van der Waals surface area (Å²) in [6.07, 6.45) is -10.6. The van der Waals surface area contributed by atoms with Gasteiger partial charge in [0.15, 0.2) is 11.0 Å². The smallest absolute Gasteiger partial charge is 0.410 e. The monoisotopic (exact) mass is 442 g/mol. The van der Waals surface area contributed by atoms with E-state index in [0.29, 0.717) is 0 Å². The van der Waals surface area contributed by atoms with Gasteiger partial charge in [-0.1, -0.05) is 10.1 Å². The molecule has 0 atom stereocenters. The summed E-state index contributed by atoms with van der Waals surface area (Å²) < 4.78 is 74.1. The van der Waals surface area contributed by atoms with Gasteiger partial charge in [0.2, 0.25) is 0 Å². The standard InChI is InChI=1S/C10H4F6N10O4/c11-9(12,13)7(27)21-25-17-1-2(18-25)6(24-30)4-3(5(1)23-29)19-26(20-4)22-8(28)10(14,15)16/h17,30H,(H,21,27)(H,22,28)/b24-6+. The summed E-state index contributed by atoms with van der Waals surface area (Å²) in [6.45, 7) is 0. The van der Waals surface area contributed by atoms with Gasteiger partial charge in [0, 0.05) is 0 Å². The molecule has 4 N–H and O–H groups in total. The predicted octanol–water partition coefficient (Wildman–Crippen LogP) is 0.0133. The molecule has 0 saturated heterocycles. The highest BCUT2D eigenvalue weighted by molar-refractivity contribution is 5.96. The Kier molecular flexibility index (Phi) is 4.55. The molecule has 0 radical (unpaired) electrons. The molecule has 2 amide bonds. The average molecular weight is 442 g/mol. The number of halogens is 6. The van der Waals surface area contributed by atoms with Crippen LogP contribution in [0.5, 0.6) is 0 Å². The van der Waals surface area contributed by atoms with Gasteiger partial charge in [-0.05, 0) is 5.18 Å². The Morgan fingerprint density at radius 1 is 0.967 bits per heavy atom. The predicted molar refractivity (Wildman–Crippen MR) is 77.9 cm³/mol. The summed E-state index contributed by atoms with van der Waals surface area (Å²) >= 11 is 0. The van der Waals surface area contributed by atoms with Crippen LogP contribution in [0.3, 0.4) is 0 Å². The number of nitrogens with zero attached hydrogens (tertiary/aromatic N) is 7. The van der Waals surface area contributed by atoms with Crippen LogP contribution in [-0.4, -0.2) is 59.6 Å². The fraction of sp³-hybridized carbons (Fsp3) is 0.200. The number of aromatic amines is 1. The highest BCUT2D eigenvalue weighted by Crippen LogP contribution is 2.32. The first kappa shape index (κ1) is 20.5. The lowest BCUT2D eigenvalue weighted by atomic mass is 10.1. The van der Waals surface area contributed by atoms with E-state index in [4.69, 9.17) is 0 Å². The molecule has 160 valence electrons. The van der Waals surface area contributed by atoms with Crippen LogP contribution in [0.25, 0.3) is 22.4 Å². The minimum Gasteiger partial charge on any atom is -0.410 e. The molecule has 1 aromatic rings. The van der Waals surface area contributed by atoms with Crippen LogP contribution in [0.15, 0.2) is 10.3 Å². The van der Waals surface area contributed by atoms with E-state index in [1.165, 1.54) is 10.9 Å². The zero-order valence-electron chi connectivity index (χ0n) is 13.6. The molecule has 2 aliphatic rings. The van der Waals surface area contributed by atoms with E-state index in [1.807, 2.05) is 5.10 Å². The van der Waals surface area contributed by atoms with Gasteiger partial charge in [-0.15, -0.1) is 25.1 Å². The Morgan fingerprint density at radius 3 is 2.07 bits per heavy atom. The molecule has 0 fully saturated rings. The Bertz CT molecular complexity index is 1180. The van der Waals surface area contributed by atoms with Gasteiger partial charge in [0.1, 0.15) is 22.4 Å². The summed E-state index contributed by atoms with van der Waals surface area (Å²) in [4.78, 5) is 33.3. The Morgan fingerprint density at radius 2 is 1.53 bits per heavy atom. The van der Waals surface area contributed by atoms with E-state index in [9.17, 15) is 46.0 Å². The Hall–Kier alpha value is -4.26. The normalized spacial score (nSPS) is 13.1. The number of alkyl halides is 6. The lowest BCUT2D eigenvalue weighted by molar-refractivity contribution is -0.168. The number of amides is 2. The first-order valence-electron chi connectivity index (χ1n) is 7.06. The van der Waals surface area contributed by atoms with E-state index < -0.39 is 57.6 Å². The third-order valence-electron chi connectivity index (χ3n) is 3.29. The van der Waals surface area contributed by atoms with Gasteiger partial charge >= 0.3 is 24.2 Å². The molecule has 0 bridgehead atoms. The quantitative estimate of drug-likeness (QED) is 0.191. The third-order valence-corrected chi connectivity index (χ3v) is 3.29. The van der Waals surface area contributed by atoms with Crippen LogP contribution in [0, 0.1) is 4.91 Å². The molecular formula is C10H4F6N10O4. The lowest BCUT2D eigenvalue weighted by Gasteiger charge is -2.06. The largest absolute Gasteiger partial charge is 0.473 e. The van der Waals surface area contributed by atoms with E-state index >= 15 is 0 Å². The molecule has 0 saturated carbocycles. The first-order valence-corrected chi connectivity index (χ1v) is 7.06. The van der Waals surface area contributed by atoms with Gasteiger partial charge in [-0.2, -0.15) is 26.3 Å². The maximum Gasteiger partial charge on any atom is 0.473 e. The van der Waals surface area contributed by atoms with Crippen molar-refractivity contribution in [2.45, 2.75) is 12.4 Å². The number of carbonyl (C=O) groups excluding carboxylic acids is 2. The number of benzene rings is 1. The van der Waals surface area contributed by atoms with Crippen molar-refractivity contribution in [2.75, 3.05) is 10.9 Å². The molecule has 2 heterocycles. The number of hydrogen-bond donors (Lipinski definition) is 4. The van der Waals surface area contributed by atoms with Gasteiger partial charge in [0.05, 0.1) is 0 Å². The molecule has 1 aliphatic heterocycles. The summed E-state index contributed by atoms with van der Waals surface area (Å²) in [5, 5.41) is 26.0. The maximum atomic E-state index is 12.4. The number of aromatic nitrogens is 6. The van der Waals surface area contributed by atoms with Crippen LogP contribution in [0.2, 0.25) is 0 Å². The Labute approximate surface area is 156 Å². The summed E-state index contributed by atoms with van der Waals surface area (Å²) in [5.41, 5.74) is -0.584. The van der Waals surface area contributed by atoms with E-state index in [1.54, 1.807) is 0 Å². The van der Waals surface area contributed by atoms with Crippen LogP contribution < -0.4 is 16.2 Å². The van der Waals surface area contributed by atoms with Crippen LogP contribution in [0.4, 0.5) is 32.0 Å². The maximum absolute atomic E-state index is 12.4. The van der Waals surface area contributed by atoms with E-state index in [-0.39, 0.29) is 9.81 Å². The van der Waals surface area contributed by atoms with Crippen LogP contribution in [-0.2, 0) is 9.59 Å². The van der Waals surface area contributed by atoms with Gasteiger partial charge < -0.3 is 5.21 Å². The van der Waals surface area contributed by atoms with Crippen molar-refractivity contribution in [3.63, 3.8) is 0 Å². The minimum atomic E-state index is -5.31. The third kappa shape index (κ3) is 3.44. The molecule has 14 nitrogen and oxygen atoms in total. The second kappa shape index (κ2) is 6.66. The zero-order chi connectivity index (χ0) is 22.4. The first-order chi connectivity index (χ1) is 13.9. The minimum absolute atomic E-state index is 0.00220. The molecule has 0 spiro atoms. The molecule has 30 heavy (non-hydrogen) atoms. The highest BCUT2D eigenvalue weighted by atomic mass is 19.4. The van der Waals surface area contributed by atoms with E-state index in [0.717, 1.165) is 0 Å². The van der Waals surface area contributed by atoms with E-state index in [2.05, 4.69) is 25.6 Å².